The van der Waals surface area contributed by atoms with Gasteiger partial charge < -0.3 is 16.2 Å². The van der Waals surface area contributed by atoms with Crippen molar-refractivity contribution in [3.63, 3.8) is 0 Å². The lowest BCUT2D eigenvalue weighted by atomic mass is 10.2. The van der Waals surface area contributed by atoms with Crippen molar-refractivity contribution in [1.29, 1.82) is 0 Å². The third kappa shape index (κ3) is 3.83. The van der Waals surface area contributed by atoms with Crippen molar-refractivity contribution in [1.82, 2.24) is 9.97 Å². The maximum absolute atomic E-state index is 10.8. The fraction of sp³-hybridized carbons (Fsp3) is 0.556. The Hall–Kier alpha value is -1.96. The zero-order valence-electron chi connectivity index (χ0n) is 9.30. The van der Waals surface area contributed by atoms with Crippen molar-refractivity contribution in [3.05, 3.63) is 16.4 Å². The second kappa shape index (κ2) is 6.59. The summed E-state index contributed by atoms with van der Waals surface area (Å²) >= 11 is 0. The molecule has 0 unspecified atom stereocenters. The van der Waals surface area contributed by atoms with E-state index in [4.69, 9.17) is 10.8 Å². The Labute approximate surface area is 98.0 Å². The van der Waals surface area contributed by atoms with E-state index in [1.54, 1.807) is 0 Å². The number of nitrogens with one attached hydrogen (secondary N) is 1. The first kappa shape index (κ1) is 13.1. The normalized spacial score (nSPS) is 10.2. The van der Waals surface area contributed by atoms with E-state index in [0.29, 0.717) is 6.54 Å². The zero-order valence-corrected chi connectivity index (χ0v) is 9.30. The SMILES string of the molecule is Nc1ncnc(NCCCCCO)c1[N+](=O)[O-]. The minimum atomic E-state index is -0.606. The summed E-state index contributed by atoms with van der Waals surface area (Å²) < 4.78 is 0. The molecule has 0 saturated heterocycles. The fourth-order valence-electron chi connectivity index (χ4n) is 1.32. The second-order valence-corrected chi connectivity index (χ2v) is 3.42. The Morgan fingerprint density at radius 1 is 1.41 bits per heavy atom. The highest BCUT2D eigenvalue weighted by molar-refractivity contribution is 5.67. The van der Waals surface area contributed by atoms with Gasteiger partial charge in [0.15, 0.2) is 0 Å². The van der Waals surface area contributed by atoms with Gasteiger partial charge in [0.05, 0.1) is 4.92 Å². The van der Waals surface area contributed by atoms with E-state index in [2.05, 4.69) is 15.3 Å². The van der Waals surface area contributed by atoms with Crippen molar-refractivity contribution >= 4 is 17.3 Å². The molecule has 94 valence electrons. The number of aliphatic hydroxyl groups excluding tert-OH is 1. The molecule has 0 aliphatic carbocycles. The smallest absolute Gasteiger partial charge is 0.352 e. The first-order valence-corrected chi connectivity index (χ1v) is 5.26. The third-order valence-electron chi connectivity index (χ3n) is 2.16. The van der Waals surface area contributed by atoms with Crippen molar-refractivity contribution in [2.24, 2.45) is 0 Å². The summed E-state index contributed by atoms with van der Waals surface area (Å²) in [5, 5.41) is 22.2. The summed E-state index contributed by atoms with van der Waals surface area (Å²) in [6.45, 7) is 0.692. The van der Waals surface area contributed by atoms with Crippen LogP contribution in [0.25, 0.3) is 0 Å². The monoisotopic (exact) mass is 241 g/mol. The number of unbranched alkanes of at least 4 members (excludes halogenated alkanes) is 2. The molecule has 1 heterocycles. The lowest BCUT2D eigenvalue weighted by molar-refractivity contribution is -0.383. The predicted molar refractivity (Wildman–Crippen MR) is 62.5 cm³/mol. The van der Waals surface area contributed by atoms with Crippen molar-refractivity contribution in [3.8, 4) is 0 Å². The predicted octanol–water partition coefficient (Wildman–Crippen LogP) is 0.541. The van der Waals surface area contributed by atoms with Gasteiger partial charge in [-0.2, -0.15) is 0 Å². The summed E-state index contributed by atoms with van der Waals surface area (Å²) in [5.74, 6) is -0.0191. The van der Waals surface area contributed by atoms with Gasteiger partial charge in [0.2, 0.25) is 11.6 Å². The number of nitro groups is 1. The average molecular weight is 241 g/mol. The number of rotatable bonds is 7. The number of hydrogen-bond acceptors (Lipinski definition) is 7. The van der Waals surface area contributed by atoms with Crippen LogP contribution in [0.2, 0.25) is 0 Å². The molecule has 0 aromatic carbocycles. The number of hydrogen-bond donors (Lipinski definition) is 3. The van der Waals surface area contributed by atoms with Gasteiger partial charge in [0.25, 0.3) is 0 Å². The molecule has 0 aliphatic rings. The van der Waals surface area contributed by atoms with Crippen LogP contribution < -0.4 is 11.1 Å². The molecule has 0 atom stereocenters. The van der Waals surface area contributed by atoms with Gasteiger partial charge >= 0.3 is 5.69 Å². The van der Waals surface area contributed by atoms with E-state index >= 15 is 0 Å². The number of aromatic nitrogens is 2. The van der Waals surface area contributed by atoms with Crippen molar-refractivity contribution in [2.45, 2.75) is 19.3 Å². The quantitative estimate of drug-likeness (QED) is 0.361. The topological polar surface area (TPSA) is 127 Å². The lowest BCUT2D eigenvalue weighted by Gasteiger charge is -2.06. The molecular weight excluding hydrogens is 226 g/mol. The van der Waals surface area contributed by atoms with Crippen LogP contribution in [0.4, 0.5) is 17.3 Å². The first-order chi connectivity index (χ1) is 8.16. The zero-order chi connectivity index (χ0) is 12.7. The van der Waals surface area contributed by atoms with Gasteiger partial charge in [-0.05, 0) is 19.3 Å². The van der Waals surface area contributed by atoms with E-state index in [1.807, 2.05) is 0 Å². The van der Waals surface area contributed by atoms with E-state index in [-0.39, 0.29) is 23.9 Å². The first-order valence-electron chi connectivity index (χ1n) is 5.26. The Morgan fingerprint density at radius 3 is 2.82 bits per heavy atom. The molecule has 8 nitrogen and oxygen atoms in total. The molecule has 0 aliphatic heterocycles. The van der Waals surface area contributed by atoms with Crippen LogP contribution in [0, 0.1) is 10.1 Å². The van der Waals surface area contributed by atoms with Crippen LogP contribution >= 0.6 is 0 Å². The summed E-state index contributed by atoms with van der Waals surface area (Å²) in [6, 6.07) is 0. The maximum Gasteiger partial charge on any atom is 0.352 e. The molecule has 1 aromatic heterocycles. The highest BCUT2D eigenvalue weighted by Crippen LogP contribution is 2.25. The van der Waals surface area contributed by atoms with Gasteiger partial charge in [-0.25, -0.2) is 9.97 Å². The Kier molecular flexibility index (Phi) is 5.08. The van der Waals surface area contributed by atoms with E-state index in [0.717, 1.165) is 19.3 Å². The lowest BCUT2D eigenvalue weighted by Crippen LogP contribution is -2.09. The molecule has 1 rings (SSSR count). The maximum atomic E-state index is 10.8. The van der Waals surface area contributed by atoms with Crippen molar-refractivity contribution < 1.29 is 10.0 Å². The van der Waals surface area contributed by atoms with Crippen molar-refractivity contribution in [2.75, 3.05) is 24.2 Å². The largest absolute Gasteiger partial charge is 0.396 e. The van der Waals surface area contributed by atoms with Crippen LogP contribution in [0.15, 0.2) is 6.33 Å². The number of aliphatic hydroxyl groups is 1. The Morgan fingerprint density at radius 2 is 2.18 bits per heavy atom. The van der Waals surface area contributed by atoms with Gasteiger partial charge in [0, 0.05) is 13.2 Å². The summed E-state index contributed by atoms with van der Waals surface area (Å²) in [5.41, 5.74) is 5.11. The van der Waals surface area contributed by atoms with Crippen LogP contribution in [0.5, 0.6) is 0 Å². The molecular formula is C9H15N5O3. The van der Waals surface area contributed by atoms with E-state index in [9.17, 15) is 10.1 Å². The summed E-state index contributed by atoms with van der Waals surface area (Å²) in [6.07, 6.45) is 3.54. The second-order valence-electron chi connectivity index (χ2n) is 3.42. The standard InChI is InChI=1S/C9H15N5O3/c10-8-7(14(16)17)9(13-6-12-8)11-4-2-1-3-5-15/h6,15H,1-5H2,(H3,10,11,12,13). The van der Waals surface area contributed by atoms with Crippen LogP contribution in [0.1, 0.15) is 19.3 Å². The molecule has 0 saturated carbocycles. The molecule has 0 spiro atoms. The fourth-order valence-corrected chi connectivity index (χ4v) is 1.32. The molecule has 0 amide bonds. The van der Waals surface area contributed by atoms with Gasteiger partial charge in [-0.3, -0.25) is 10.1 Å². The van der Waals surface area contributed by atoms with Crippen LogP contribution in [0.3, 0.4) is 0 Å². The van der Waals surface area contributed by atoms with Crippen LogP contribution in [-0.2, 0) is 0 Å². The third-order valence-corrected chi connectivity index (χ3v) is 2.16. The minimum Gasteiger partial charge on any atom is -0.396 e. The van der Waals surface area contributed by atoms with E-state index < -0.39 is 4.92 Å². The summed E-state index contributed by atoms with van der Waals surface area (Å²) in [4.78, 5) is 17.5. The molecule has 17 heavy (non-hydrogen) atoms. The number of anilines is 2. The van der Waals surface area contributed by atoms with Gasteiger partial charge in [-0.15, -0.1) is 0 Å². The minimum absolute atomic E-state index is 0.131. The molecule has 4 N–H and O–H groups in total. The van der Waals surface area contributed by atoms with Gasteiger partial charge in [-0.1, -0.05) is 0 Å². The van der Waals surface area contributed by atoms with E-state index in [1.165, 1.54) is 6.33 Å². The Bertz CT molecular complexity index is 385. The Balaban J connectivity index is 2.58. The highest BCUT2D eigenvalue weighted by atomic mass is 16.6. The molecule has 1 aromatic rings. The number of nitrogens with zero attached hydrogens (tertiary/aromatic N) is 3. The molecule has 0 radical (unpaired) electrons. The average Bonchev–Trinajstić information content (AvgIpc) is 2.28. The number of nitrogen functional groups attached to an aromatic ring is 1. The van der Waals surface area contributed by atoms with Crippen LogP contribution in [-0.4, -0.2) is 33.1 Å². The molecule has 8 heteroatoms. The number of nitrogens with two attached hydrogens (primary N) is 1. The molecule has 0 bridgehead atoms. The highest BCUT2D eigenvalue weighted by Gasteiger charge is 2.20. The van der Waals surface area contributed by atoms with Gasteiger partial charge in [0.1, 0.15) is 6.33 Å². The summed E-state index contributed by atoms with van der Waals surface area (Å²) in [7, 11) is 0. The molecule has 0 fully saturated rings.